The van der Waals surface area contributed by atoms with E-state index in [9.17, 15) is 13.6 Å². The van der Waals surface area contributed by atoms with E-state index in [0.29, 0.717) is 24.8 Å². The number of carbonyl (C=O) groups is 1. The first-order valence-electron chi connectivity index (χ1n) is 10.3. The summed E-state index contributed by atoms with van der Waals surface area (Å²) in [6, 6.07) is 4.11. The zero-order chi connectivity index (χ0) is 19.7. The average Bonchev–Trinajstić information content (AvgIpc) is 3.08. The Kier molecular flexibility index (Phi) is 5.51. The van der Waals surface area contributed by atoms with Crippen molar-refractivity contribution in [1.29, 1.82) is 0 Å². The molecule has 3 aliphatic rings. The van der Waals surface area contributed by atoms with Gasteiger partial charge in [-0.25, -0.2) is 8.78 Å². The van der Waals surface area contributed by atoms with E-state index in [2.05, 4.69) is 15.6 Å². The van der Waals surface area contributed by atoms with Crippen molar-refractivity contribution in [2.75, 3.05) is 20.1 Å². The van der Waals surface area contributed by atoms with E-state index in [1.165, 1.54) is 18.2 Å². The molecule has 1 saturated heterocycles. The first kappa shape index (κ1) is 19.2. The van der Waals surface area contributed by atoms with Crippen LogP contribution in [0.1, 0.15) is 50.0 Å². The monoisotopic (exact) mass is 390 g/mol. The molecule has 0 spiro atoms. The first-order valence-corrected chi connectivity index (χ1v) is 10.3. The lowest BCUT2D eigenvalue weighted by molar-refractivity contribution is -0.134. The smallest absolute Gasteiger partial charge is 0.225 e. The molecule has 152 valence electrons. The fourth-order valence-electron chi connectivity index (χ4n) is 4.59. The molecule has 1 heterocycles. The molecule has 1 amide bonds. The second-order valence-corrected chi connectivity index (χ2v) is 8.20. The van der Waals surface area contributed by atoms with Gasteiger partial charge in [-0.05, 0) is 37.8 Å². The number of aliphatic imine (C=N–C) groups is 1. The number of amides is 1. The third-order valence-electron chi connectivity index (χ3n) is 6.25. The van der Waals surface area contributed by atoms with Crippen LogP contribution < -0.4 is 10.6 Å². The quantitative estimate of drug-likeness (QED) is 0.614. The molecule has 2 saturated carbocycles. The van der Waals surface area contributed by atoms with Crippen LogP contribution in [0.25, 0.3) is 0 Å². The maximum atomic E-state index is 14.0. The standard InChI is InChI=1S/C21H28F2N4O/c1-24-21(26-18-11-15(18)19-16(22)7-4-8-17(19)23)25-14-9-10-27(12-14)20(28)13-5-2-3-6-13/h4,7-8,13-15,18H,2-3,5-6,9-12H2,1H3,(H2,24,25,26). The van der Waals surface area contributed by atoms with Crippen molar-refractivity contribution >= 4 is 11.9 Å². The number of hydrogen-bond donors (Lipinski definition) is 2. The Labute approximate surface area is 164 Å². The van der Waals surface area contributed by atoms with Crippen LogP contribution >= 0.6 is 0 Å². The Balaban J connectivity index is 1.29. The highest BCUT2D eigenvalue weighted by atomic mass is 19.1. The minimum absolute atomic E-state index is 0.0322. The third kappa shape index (κ3) is 3.98. The van der Waals surface area contributed by atoms with E-state index in [1.54, 1.807) is 7.05 Å². The van der Waals surface area contributed by atoms with Crippen LogP contribution in [-0.2, 0) is 4.79 Å². The average molecular weight is 390 g/mol. The van der Waals surface area contributed by atoms with Gasteiger partial charge in [0.05, 0.1) is 0 Å². The second-order valence-electron chi connectivity index (χ2n) is 8.20. The van der Waals surface area contributed by atoms with Crippen molar-refractivity contribution in [2.24, 2.45) is 10.9 Å². The van der Waals surface area contributed by atoms with E-state index in [4.69, 9.17) is 0 Å². The van der Waals surface area contributed by atoms with Crippen LogP contribution in [-0.4, -0.2) is 49.0 Å². The van der Waals surface area contributed by atoms with Gasteiger partial charge in [0.15, 0.2) is 5.96 Å². The zero-order valence-electron chi connectivity index (χ0n) is 16.3. The van der Waals surface area contributed by atoms with Gasteiger partial charge in [-0.15, -0.1) is 0 Å². The van der Waals surface area contributed by atoms with Crippen LogP contribution in [0.3, 0.4) is 0 Å². The summed E-state index contributed by atoms with van der Waals surface area (Å²) in [4.78, 5) is 18.8. The van der Waals surface area contributed by atoms with Crippen LogP contribution in [0, 0.1) is 17.6 Å². The number of nitrogens with one attached hydrogen (secondary N) is 2. The van der Waals surface area contributed by atoms with Crippen LogP contribution in [0.2, 0.25) is 0 Å². The van der Waals surface area contributed by atoms with Gasteiger partial charge in [-0.3, -0.25) is 9.79 Å². The SMILES string of the molecule is CN=C(NC1CCN(C(=O)C2CCCC2)C1)NC1CC1c1c(F)cccc1F. The highest BCUT2D eigenvalue weighted by molar-refractivity contribution is 5.82. The lowest BCUT2D eigenvalue weighted by atomic mass is 10.1. The molecule has 7 heteroatoms. The molecule has 2 N–H and O–H groups in total. The van der Waals surface area contributed by atoms with E-state index >= 15 is 0 Å². The van der Waals surface area contributed by atoms with Crippen molar-refractivity contribution < 1.29 is 13.6 Å². The van der Waals surface area contributed by atoms with Gasteiger partial charge in [-0.2, -0.15) is 0 Å². The predicted molar refractivity (Wildman–Crippen MR) is 104 cm³/mol. The summed E-state index contributed by atoms with van der Waals surface area (Å²) in [6.45, 7) is 1.46. The van der Waals surface area contributed by atoms with Crippen LogP contribution in [0.15, 0.2) is 23.2 Å². The summed E-state index contributed by atoms with van der Waals surface area (Å²) in [6.07, 6.45) is 5.92. The molecule has 5 nitrogen and oxygen atoms in total. The predicted octanol–water partition coefficient (Wildman–Crippen LogP) is 2.78. The minimum Gasteiger partial charge on any atom is -0.353 e. The number of nitrogens with zero attached hydrogens (tertiary/aromatic N) is 2. The lowest BCUT2D eigenvalue weighted by Crippen LogP contribution is -2.46. The highest BCUT2D eigenvalue weighted by Gasteiger charge is 2.42. The molecule has 3 unspecified atom stereocenters. The van der Waals surface area contributed by atoms with Gasteiger partial charge in [0.1, 0.15) is 11.6 Å². The Morgan fingerprint density at radius 1 is 1.14 bits per heavy atom. The van der Waals surface area contributed by atoms with Gasteiger partial charge in [0.2, 0.25) is 5.91 Å². The molecule has 0 bridgehead atoms. The summed E-state index contributed by atoms with van der Waals surface area (Å²) in [5.74, 6) is -0.0301. The largest absolute Gasteiger partial charge is 0.353 e. The number of carbonyl (C=O) groups excluding carboxylic acids is 1. The Morgan fingerprint density at radius 3 is 2.54 bits per heavy atom. The second kappa shape index (κ2) is 8.05. The molecule has 1 aromatic carbocycles. The molecular weight excluding hydrogens is 362 g/mol. The summed E-state index contributed by atoms with van der Waals surface area (Å²) in [5.41, 5.74) is 0.157. The number of hydrogen-bond acceptors (Lipinski definition) is 2. The number of guanidine groups is 1. The maximum Gasteiger partial charge on any atom is 0.225 e. The lowest BCUT2D eigenvalue weighted by Gasteiger charge is -2.21. The molecule has 3 atom stereocenters. The topological polar surface area (TPSA) is 56.7 Å². The Bertz CT molecular complexity index is 743. The number of halogens is 2. The molecule has 2 aliphatic carbocycles. The molecular formula is C21H28F2N4O. The van der Waals surface area contributed by atoms with Crippen molar-refractivity contribution in [1.82, 2.24) is 15.5 Å². The fraction of sp³-hybridized carbons (Fsp3) is 0.619. The summed E-state index contributed by atoms with van der Waals surface area (Å²) in [5, 5.41) is 6.64. The normalized spacial score (nSPS) is 27.9. The zero-order valence-corrected chi connectivity index (χ0v) is 16.3. The van der Waals surface area contributed by atoms with Gasteiger partial charge in [0, 0.05) is 49.6 Å². The van der Waals surface area contributed by atoms with E-state index in [-0.39, 0.29) is 29.5 Å². The number of rotatable bonds is 4. The van der Waals surface area contributed by atoms with Crippen molar-refractivity contribution in [2.45, 2.75) is 56.5 Å². The summed E-state index contributed by atoms with van der Waals surface area (Å²) in [7, 11) is 1.69. The Hall–Kier alpha value is -2.18. The highest BCUT2D eigenvalue weighted by Crippen LogP contribution is 2.43. The third-order valence-corrected chi connectivity index (χ3v) is 6.25. The van der Waals surface area contributed by atoms with Crippen LogP contribution in [0.5, 0.6) is 0 Å². The molecule has 1 aromatic rings. The molecule has 4 rings (SSSR count). The molecule has 28 heavy (non-hydrogen) atoms. The molecule has 0 aromatic heterocycles. The van der Waals surface area contributed by atoms with Crippen molar-refractivity contribution in [3.8, 4) is 0 Å². The summed E-state index contributed by atoms with van der Waals surface area (Å²) >= 11 is 0. The number of likely N-dealkylation sites (tertiary alicyclic amines) is 1. The minimum atomic E-state index is -0.492. The molecule has 3 fully saturated rings. The Morgan fingerprint density at radius 2 is 1.86 bits per heavy atom. The summed E-state index contributed by atoms with van der Waals surface area (Å²) < 4.78 is 27.9. The van der Waals surface area contributed by atoms with Crippen LogP contribution in [0.4, 0.5) is 8.78 Å². The van der Waals surface area contributed by atoms with Crippen molar-refractivity contribution in [3.63, 3.8) is 0 Å². The number of benzene rings is 1. The van der Waals surface area contributed by atoms with Gasteiger partial charge in [0.25, 0.3) is 0 Å². The first-order chi connectivity index (χ1) is 13.6. The van der Waals surface area contributed by atoms with E-state index in [1.807, 2.05) is 4.90 Å². The van der Waals surface area contributed by atoms with Gasteiger partial charge < -0.3 is 15.5 Å². The van der Waals surface area contributed by atoms with Gasteiger partial charge >= 0.3 is 0 Å². The fourth-order valence-corrected chi connectivity index (χ4v) is 4.59. The van der Waals surface area contributed by atoms with Gasteiger partial charge in [-0.1, -0.05) is 18.9 Å². The maximum absolute atomic E-state index is 14.0. The van der Waals surface area contributed by atoms with E-state index in [0.717, 1.165) is 38.6 Å². The molecule has 1 aliphatic heterocycles. The van der Waals surface area contributed by atoms with E-state index < -0.39 is 11.6 Å². The van der Waals surface area contributed by atoms with Crippen molar-refractivity contribution in [3.05, 3.63) is 35.4 Å². The molecule has 0 radical (unpaired) electrons.